The van der Waals surface area contributed by atoms with Gasteiger partial charge in [0.15, 0.2) is 5.78 Å². The number of amides is 2. The van der Waals surface area contributed by atoms with E-state index in [0.717, 1.165) is 44.4 Å². The number of thiazole rings is 1. The number of halogens is 3. The molecule has 0 radical (unpaired) electrons. The molecular formula is C42H63F3N4O8S. The van der Waals surface area contributed by atoms with Gasteiger partial charge in [0, 0.05) is 57.0 Å². The summed E-state index contributed by atoms with van der Waals surface area (Å²) in [6.07, 6.45) is -1.11. The Morgan fingerprint density at radius 3 is 2.31 bits per heavy atom. The smallest absolute Gasteiger partial charge is 0.416 e. The summed E-state index contributed by atoms with van der Waals surface area (Å²) in [6, 6.07) is 3.23. The number of Topliss-reactive ketones (excluding diaryl/α,β-unsaturated/α-hetero) is 1. The van der Waals surface area contributed by atoms with Crippen LogP contribution in [0.15, 0.2) is 29.6 Å². The Kier molecular flexibility index (Phi) is 19.7. The molecule has 3 rings (SSSR count). The molecule has 2 heterocycles. The number of alkyl halides is 3. The molecule has 1 aromatic heterocycles. The van der Waals surface area contributed by atoms with E-state index in [-0.39, 0.29) is 74.0 Å². The van der Waals surface area contributed by atoms with E-state index in [0.29, 0.717) is 23.5 Å². The Morgan fingerprint density at radius 2 is 1.74 bits per heavy atom. The average Bonchev–Trinajstić information content (AvgIpc) is 3.67. The SMILES string of the molecule is CCC(C)C(CC(=O)C1CCCCN1C)C(=O)N(CCOC)[C@H](C[C@@H](OCOC)c1nc(C(=O)N[C@@H](Cc2ccc(C(F)(F)F)cc2)C[C@H](C)C(=O)O)cs1)C(C)C. The van der Waals surface area contributed by atoms with Crippen LogP contribution < -0.4 is 5.32 Å². The number of nitrogens with zero attached hydrogens (tertiary/aromatic N) is 3. The Morgan fingerprint density at radius 1 is 1.05 bits per heavy atom. The number of hydrogen-bond acceptors (Lipinski definition) is 10. The highest BCUT2D eigenvalue weighted by Gasteiger charge is 2.39. The number of ketones is 1. The lowest BCUT2D eigenvalue weighted by Crippen LogP contribution is -2.50. The van der Waals surface area contributed by atoms with Crippen molar-refractivity contribution >= 4 is 34.9 Å². The maximum atomic E-state index is 14.7. The predicted octanol–water partition coefficient (Wildman–Crippen LogP) is 7.27. The van der Waals surface area contributed by atoms with Crippen LogP contribution in [0.4, 0.5) is 13.2 Å². The summed E-state index contributed by atoms with van der Waals surface area (Å²) in [6.45, 7) is 10.9. The van der Waals surface area contributed by atoms with Crippen molar-refractivity contribution in [2.45, 2.75) is 116 Å². The van der Waals surface area contributed by atoms with E-state index in [9.17, 15) is 37.5 Å². The highest BCUT2D eigenvalue weighted by atomic mass is 32.1. The lowest BCUT2D eigenvalue weighted by atomic mass is 9.82. The van der Waals surface area contributed by atoms with Crippen LogP contribution in [0.5, 0.6) is 0 Å². The molecule has 0 spiro atoms. The van der Waals surface area contributed by atoms with E-state index in [1.165, 1.54) is 37.5 Å². The minimum Gasteiger partial charge on any atom is -0.481 e. The zero-order valence-electron chi connectivity index (χ0n) is 35.2. The normalized spacial score (nSPS) is 18.2. The molecule has 1 aromatic carbocycles. The number of aliphatic carboxylic acids is 1. The van der Waals surface area contributed by atoms with E-state index < -0.39 is 47.6 Å². The van der Waals surface area contributed by atoms with Gasteiger partial charge in [0.2, 0.25) is 5.91 Å². The van der Waals surface area contributed by atoms with Gasteiger partial charge in [-0.15, -0.1) is 11.3 Å². The topological polar surface area (TPSA) is 148 Å². The fraction of sp³-hybridized carbons (Fsp3) is 0.690. The molecule has 1 saturated heterocycles. The number of hydrogen-bond donors (Lipinski definition) is 2. The molecule has 2 amide bonds. The van der Waals surface area contributed by atoms with Gasteiger partial charge in [-0.25, -0.2) is 4.98 Å². The third kappa shape index (κ3) is 14.4. The molecule has 16 heteroatoms. The maximum Gasteiger partial charge on any atom is 0.416 e. The van der Waals surface area contributed by atoms with Gasteiger partial charge in [0.1, 0.15) is 23.6 Å². The van der Waals surface area contributed by atoms with E-state index >= 15 is 0 Å². The summed E-state index contributed by atoms with van der Waals surface area (Å²) < 4.78 is 56.4. The Bertz CT molecular complexity index is 1610. The van der Waals surface area contributed by atoms with Crippen molar-refractivity contribution in [1.29, 1.82) is 0 Å². The van der Waals surface area contributed by atoms with Gasteiger partial charge in [-0.3, -0.25) is 24.1 Å². The van der Waals surface area contributed by atoms with Gasteiger partial charge in [0.25, 0.3) is 5.91 Å². The number of carboxylic acid groups (broad SMARTS) is 1. The number of carboxylic acids is 1. The Balaban J connectivity index is 1.89. The van der Waals surface area contributed by atoms with Crippen LogP contribution in [0.25, 0.3) is 0 Å². The minimum absolute atomic E-state index is 0.0284. The molecule has 0 bridgehead atoms. The number of piperidine rings is 1. The highest BCUT2D eigenvalue weighted by molar-refractivity contribution is 7.09. The number of likely N-dealkylation sites (tertiary alicyclic amines) is 1. The lowest BCUT2D eigenvalue weighted by molar-refractivity contribution is -0.146. The highest BCUT2D eigenvalue weighted by Crippen LogP contribution is 2.34. The molecule has 3 unspecified atom stereocenters. The molecule has 12 nitrogen and oxygen atoms in total. The number of ether oxygens (including phenoxy) is 3. The van der Waals surface area contributed by atoms with Crippen LogP contribution in [0.2, 0.25) is 0 Å². The van der Waals surface area contributed by atoms with Crippen molar-refractivity contribution in [3.63, 3.8) is 0 Å². The standard InChI is InChI=1S/C42H63F3N4O8S/c1-9-27(4)32(22-36(50)34-12-10-11-17-48(34)6)40(52)49(18-19-55-7)35(26(2)3)23-37(57-25-56-8)39-47-33(24-58-39)38(51)46-31(20-28(5)41(53)54)21-29-13-15-30(16-14-29)42(43,44)45/h13-16,24,26-28,31-32,34-35,37H,9-12,17-23,25H2,1-8H3,(H,46,51)(H,53,54)/t27?,28-,31+,32?,34?,35+,37+/m0/s1. The monoisotopic (exact) mass is 840 g/mol. The molecule has 1 aliphatic heterocycles. The summed E-state index contributed by atoms with van der Waals surface area (Å²) in [5, 5.41) is 14.5. The van der Waals surface area contributed by atoms with Crippen LogP contribution in [-0.4, -0.2) is 109 Å². The first-order valence-corrected chi connectivity index (χ1v) is 21.1. The Labute approximate surface area is 345 Å². The summed E-state index contributed by atoms with van der Waals surface area (Å²) >= 11 is 1.19. The summed E-state index contributed by atoms with van der Waals surface area (Å²) in [5.41, 5.74) is -0.255. The lowest BCUT2D eigenvalue weighted by Gasteiger charge is -2.40. The van der Waals surface area contributed by atoms with Crippen LogP contribution >= 0.6 is 11.3 Å². The number of likely N-dealkylation sites (N-methyl/N-ethyl adjacent to an activating group) is 1. The summed E-state index contributed by atoms with van der Waals surface area (Å²) in [4.78, 5) is 62.4. The van der Waals surface area contributed by atoms with E-state index in [1.54, 1.807) is 12.5 Å². The van der Waals surface area contributed by atoms with Crippen molar-refractivity contribution in [3.8, 4) is 0 Å². The summed E-state index contributed by atoms with van der Waals surface area (Å²) in [7, 11) is 5.03. The predicted molar refractivity (Wildman–Crippen MR) is 215 cm³/mol. The number of carbonyl (C=O) groups is 4. The fourth-order valence-electron chi connectivity index (χ4n) is 7.50. The van der Waals surface area contributed by atoms with Crippen LogP contribution in [0, 0.1) is 23.7 Å². The van der Waals surface area contributed by atoms with Gasteiger partial charge in [-0.1, -0.05) is 59.6 Å². The van der Waals surface area contributed by atoms with Crippen LogP contribution in [0.3, 0.4) is 0 Å². The molecule has 326 valence electrons. The molecule has 2 aromatic rings. The number of aromatic nitrogens is 1. The molecule has 7 atom stereocenters. The van der Waals surface area contributed by atoms with E-state index in [4.69, 9.17) is 14.2 Å². The molecule has 2 N–H and O–H groups in total. The van der Waals surface area contributed by atoms with Crippen molar-refractivity contribution in [2.75, 3.05) is 47.8 Å². The maximum absolute atomic E-state index is 14.7. The number of rotatable bonds is 24. The van der Waals surface area contributed by atoms with Crippen LogP contribution in [-0.2, 0) is 41.2 Å². The zero-order valence-corrected chi connectivity index (χ0v) is 36.0. The zero-order chi connectivity index (χ0) is 43.2. The van der Waals surface area contributed by atoms with E-state index in [2.05, 4.69) is 15.2 Å². The van der Waals surface area contributed by atoms with Crippen molar-refractivity contribution < 1.29 is 51.7 Å². The van der Waals surface area contributed by atoms with Gasteiger partial charge >= 0.3 is 12.1 Å². The molecule has 1 fully saturated rings. The van der Waals surface area contributed by atoms with Gasteiger partial charge in [0.05, 0.1) is 24.1 Å². The largest absolute Gasteiger partial charge is 0.481 e. The third-order valence-corrected chi connectivity index (χ3v) is 12.2. The second-order valence-corrected chi connectivity index (χ2v) is 16.8. The third-order valence-electron chi connectivity index (χ3n) is 11.2. The van der Waals surface area contributed by atoms with Crippen LogP contribution in [0.1, 0.15) is 112 Å². The second-order valence-electron chi connectivity index (χ2n) is 15.9. The Hall–Kier alpha value is -3.44. The molecule has 0 saturated carbocycles. The fourth-order valence-corrected chi connectivity index (χ4v) is 8.36. The molecule has 0 aliphatic carbocycles. The van der Waals surface area contributed by atoms with Gasteiger partial charge in [-0.2, -0.15) is 13.2 Å². The first-order chi connectivity index (χ1) is 27.4. The molecule has 1 aliphatic rings. The van der Waals surface area contributed by atoms with Crippen molar-refractivity contribution in [2.24, 2.45) is 23.7 Å². The molecule has 58 heavy (non-hydrogen) atoms. The number of methoxy groups -OCH3 is 2. The summed E-state index contributed by atoms with van der Waals surface area (Å²) in [5.74, 6) is -3.16. The second kappa shape index (κ2) is 23.4. The van der Waals surface area contributed by atoms with Gasteiger partial charge in [-0.05, 0) is 68.8 Å². The van der Waals surface area contributed by atoms with Crippen molar-refractivity contribution in [3.05, 3.63) is 51.5 Å². The first kappa shape index (κ1) is 48.9. The number of carbonyl (C=O) groups excluding carboxylic acids is 3. The number of benzene rings is 1. The van der Waals surface area contributed by atoms with E-state index in [1.807, 2.05) is 39.6 Å². The average molecular weight is 841 g/mol. The minimum atomic E-state index is -4.51. The number of nitrogens with one attached hydrogen (secondary N) is 1. The molecular weight excluding hydrogens is 778 g/mol. The van der Waals surface area contributed by atoms with Gasteiger partial charge < -0.3 is 29.5 Å². The first-order valence-electron chi connectivity index (χ1n) is 20.2. The van der Waals surface area contributed by atoms with Crippen molar-refractivity contribution in [1.82, 2.24) is 20.1 Å². The quantitative estimate of drug-likeness (QED) is 0.104.